The Morgan fingerprint density at radius 3 is 1.83 bits per heavy atom. The van der Waals surface area contributed by atoms with Gasteiger partial charge in [0.15, 0.2) is 5.05 Å². The average molecular weight is 293 g/mol. The summed E-state index contributed by atoms with van der Waals surface area (Å²) in [6.45, 7) is 1.45. The molecule has 1 radical (unpaired) electrons. The quantitative estimate of drug-likeness (QED) is 0.467. The van der Waals surface area contributed by atoms with Crippen LogP contribution < -0.4 is 4.74 Å². The Morgan fingerprint density at radius 1 is 1.06 bits per heavy atom. The third kappa shape index (κ3) is 4.15. The van der Waals surface area contributed by atoms with Crippen LogP contribution in [-0.4, -0.2) is 40.8 Å². The summed E-state index contributed by atoms with van der Waals surface area (Å²) in [6.07, 6.45) is -5.62. The molecule has 0 amide bonds. The average Bonchev–Trinajstić information content (AvgIpc) is 2.15. The Bertz CT molecular complexity index is 415. The minimum Gasteiger partial charge on any atom is -0.451 e. The van der Waals surface area contributed by atoms with E-state index >= 15 is 0 Å². The number of hydrogen-bond acceptors (Lipinski definition) is 2. The van der Waals surface area contributed by atoms with Crippen LogP contribution in [0.15, 0.2) is 24.3 Å². The van der Waals surface area contributed by atoms with E-state index in [1.165, 1.54) is 6.92 Å². The molecule has 18 heavy (non-hydrogen) atoms. The third-order valence-corrected chi connectivity index (χ3v) is 1.92. The zero-order valence-electron chi connectivity index (χ0n) is 9.52. The van der Waals surface area contributed by atoms with E-state index in [0.717, 1.165) is 12.1 Å². The van der Waals surface area contributed by atoms with Crippen LogP contribution in [0.4, 0.5) is 22.0 Å². The first-order chi connectivity index (χ1) is 7.64. The minimum atomic E-state index is -5.62. The van der Waals surface area contributed by atoms with Gasteiger partial charge < -0.3 is 4.74 Å². The molecule has 0 heterocycles. The van der Waals surface area contributed by atoms with Crippen LogP contribution in [0.1, 0.15) is 12.5 Å². The molecule has 0 saturated carbocycles. The van der Waals surface area contributed by atoms with E-state index in [1.807, 2.05) is 0 Å². The molecule has 0 bridgehead atoms. The van der Waals surface area contributed by atoms with Gasteiger partial charge in [0.1, 0.15) is 5.75 Å². The van der Waals surface area contributed by atoms with Crippen LogP contribution in [0.2, 0.25) is 0 Å². The van der Waals surface area contributed by atoms with Crippen molar-refractivity contribution in [1.82, 2.24) is 0 Å². The second-order valence-electron chi connectivity index (χ2n) is 3.19. The number of rotatable bonds is 2. The summed E-state index contributed by atoms with van der Waals surface area (Å²) < 4.78 is 66.7. The van der Waals surface area contributed by atoms with E-state index in [4.69, 9.17) is 4.74 Å². The summed E-state index contributed by atoms with van der Waals surface area (Å²) in [7, 11) is 0. The van der Waals surface area contributed by atoms with Crippen molar-refractivity contribution < 1.29 is 26.7 Å². The Morgan fingerprint density at radius 2 is 1.50 bits per heavy atom. The molecule has 1 rings (SSSR count). The molecular formula is C10H7F5NaOS. The summed E-state index contributed by atoms with van der Waals surface area (Å²) in [4.78, 5) is 0. The smallest absolute Gasteiger partial charge is 0.451 e. The van der Waals surface area contributed by atoms with E-state index in [9.17, 15) is 22.0 Å². The first-order valence-corrected chi connectivity index (χ1v) is 4.79. The monoisotopic (exact) mass is 293 g/mol. The van der Waals surface area contributed by atoms with Crippen molar-refractivity contribution in [3.63, 3.8) is 0 Å². The molecule has 0 aliphatic rings. The molecular weight excluding hydrogens is 286 g/mol. The van der Waals surface area contributed by atoms with Crippen molar-refractivity contribution in [3.8, 4) is 5.75 Å². The summed E-state index contributed by atoms with van der Waals surface area (Å²) in [6, 6.07) is 3.32. The largest absolute Gasteiger partial charge is 0.458 e. The SMILES string of the molecule is CC(=S)Oc1ccc(C(F)(F)C(F)(F)F)cc1.[Na]. The Hall–Kier alpha value is -0.240. The molecule has 0 N–H and O–H groups in total. The second kappa shape index (κ2) is 6.27. The molecule has 0 aromatic heterocycles. The van der Waals surface area contributed by atoms with E-state index in [-0.39, 0.29) is 40.4 Å². The van der Waals surface area contributed by atoms with Crippen molar-refractivity contribution >= 4 is 46.8 Å². The van der Waals surface area contributed by atoms with Crippen molar-refractivity contribution in [2.24, 2.45) is 0 Å². The van der Waals surface area contributed by atoms with Gasteiger partial charge in [-0.2, -0.15) is 22.0 Å². The molecule has 0 fully saturated rings. The van der Waals surface area contributed by atoms with Gasteiger partial charge in [0.25, 0.3) is 0 Å². The van der Waals surface area contributed by atoms with E-state index < -0.39 is 17.7 Å². The maximum atomic E-state index is 12.9. The van der Waals surface area contributed by atoms with Crippen LogP contribution in [0.25, 0.3) is 0 Å². The standard InChI is InChI=1S/C10H7F5OS.Na/c1-6(17)16-8-4-2-7(3-5-8)9(11,12)10(13,14)15;/h2-5H,1H3;. The zero-order valence-corrected chi connectivity index (χ0v) is 12.3. The van der Waals surface area contributed by atoms with Crippen LogP contribution in [0.5, 0.6) is 5.75 Å². The Kier molecular flexibility index (Phi) is 6.19. The zero-order chi connectivity index (χ0) is 13.3. The number of ether oxygens (including phenoxy) is 1. The first-order valence-electron chi connectivity index (χ1n) is 4.38. The molecule has 0 aliphatic heterocycles. The molecule has 95 valence electrons. The molecule has 0 saturated heterocycles. The van der Waals surface area contributed by atoms with Gasteiger partial charge in [0, 0.05) is 42.0 Å². The van der Waals surface area contributed by atoms with Crippen molar-refractivity contribution in [2.45, 2.75) is 19.0 Å². The van der Waals surface area contributed by atoms with Gasteiger partial charge in [-0.05, 0) is 36.5 Å². The van der Waals surface area contributed by atoms with Crippen molar-refractivity contribution in [1.29, 1.82) is 0 Å². The van der Waals surface area contributed by atoms with Crippen LogP contribution >= 0.6 is 12.2 Å². The number of halogens is 5. The fraction of sp³-hybridized carbons (Fsp3) is 0.300. The van der Waals surface area contributed by atoms with Crippen molar-refractivity contribution in [2.75, 3.05) is 0 Å². The maximum absolute atomic E-state index is 12.9. The molecule has 0 atom stereocenters. The molecule has 1 aromatic rings. The van der Waals surface area contributed by atoms with Gasteiger partial charge in [-0.3, -0.25) is 0 Å². The maximum Gasteiger partial charge on any atom is 0.458 e. The van der Waals surface area contributed by atoms with Crippen LogP contribution in [-0.2, 0) is 5.92 Å². The fourth-order valence-electron chi connectivity index (χ4n) is 1.06. The predicted octanol–water partition coefficient (Wildman–Crippen LogP) is 3.69. The fourth-order valence-corrected chi connectivity index (χ4v) is 1.16. The van der Waals surface area contributed by atoms with E-state index in [1.54, 1.807) is 0 Å². The summed E-state index contributed by atoms with van der Waals surface area (Å²) >= 11 is 4.59. The number of hydrogen-bond donors (Lipinski definition) is 0. The van der Waals surface area contributed by atoms with Gasteiger partial charge >= 0.3 is 12.1 Å². The molecule has 8 heteroatoms. The van der Waals surface area contributed by atoms with Gasteiger partial charge in [-0.25, -0.2) is 0 Å². The van der Waals surface area contributed by atoms with Gasteiger partial charge in [0.2, 0.25) is 0 Å². The van der Waals surface area contributed by atoms with E-state index in [2.05, 4.69) is 12.2 Å². The molecule has 1 nitrogen and oxygen atoms in total. The summed E-state index contributed by atoms with van der Waals surface area (Å²) in [5, 5.41) is 0.139. The first kappa shape index (κ1) is 17.8. The van der Waals surface area contributed by atoms with E-state index in [0.29, 0.717) is 12.1 Å². The topological polar surface area (TPSA) is 9.23 Å². The molecule has 1 aromatic carbocycles. The van der Waals surface area contributed by atoms with Crippen molar-refractivity contribution in [3.05, 3.63) is 29.8 Å². The van der Waals surface area contributed by atoms with Crippen LogP contribution in [0.3, 0.4) is 0 Å². The normalized spacial score (nSPS) is 11.7. The number of thiocarbonyl (C=S) groups is 1. The summed E-state index contributed by atoms with van der Waals surface area (Å²) in [5.74, 6) is -4.77. The minimum absolute atomic E-state index is 0. The number of alkyl halides is 5. The van der Waals surface area contributed by atoms with Gasteiger partial charge in [-0.1, -0.05) is 0 Å². The second-order valence-corrected chi connectivity index (χ2v) is 3.77. The Labute approximate surface area is 128 Å². The summed E-state index contributed by atoms with van der Waals surface area (Å²) in [5.41, 5.74) is -1.14. The van der Waals surface area contributed by atoms with Gasteiger partial charge in [0.05, 0.1) is 0 Å². The third-order valence-electron chi connectivity index (χ3n) is 1.83. The molecule has 0 spiro atoms. The van der Waals surface area contributed by atoms with Crippen LogP contribution in [0, 0.1) is 0 Å². The molecule has 0 unspecified atom stereocenters. The Balaban J connectivity index is 0.00000289. The van der Waals surface area contributed by atoms with Gasteiger partial charge in [-0.15, -0.1) is 0 Å². The predicted molar refractivity (Wildman–Crippen MR) is 61.0 cm³/mol. The number of benzene rings is 1. The molecule has 0 aliphatic carbocycles.